The van der Waals surface area contributed by atoms with Crippen molar-refractivity contribution in [3.05, 3.63) is 53.6 Å². The number of amides is 1. The van der Waals surface area contributed by atoms with Crippen LogP contribution in [0.4, 0.5) is 5.69 Å². The SMILES string of the molecule is CC(C)c1ccccc1NC(=O)CN1CCC[C@@H]1c1ccc2c(c1)OCCO2. The Hall–Kier alpha value is -2.53. The molecule has 2 aliphatic heterocycles. The Morgan fingerprint density at radius 2 is 1.93 bits per heavy atom. The third-order valence-electron chi connectivity index (χ3n) is 5.52. The number of para-hydroxylation sites is 1. The summed E-state index contributed by atoms with van der Waals surface area (Å²) in [7, 11) is 0. The van der Waals surface area contributed by atoms with Crippen LogP contribution >= 0.6 is 0 Å². The van der Waals surface area contributed by atoms with Crippen LogP contribution in [0.5, 0.6) is 11.5 Å². The van der Waals surface area contributed by atoms with Gasteiger partial charge in [0.2, 0.25) is 5.91 Å². The standard InChI is InChI=1S/C23H28N2O3/c1-16(2)18-6-3-4-7-19(18)24-23(26)15-25-11-5-8-20(25)17-9-10-21-22(14-17)28-13-12-27-21/h3-4,6-7,9-10,14,16,20H,5,8,11-13,15H2,1-2H3,(H,24,26)/t20-/m1/s1. The number of ether oxygens (including phenoxy) is 2. The van der Waals surface area contributed by atoms with Gasteiger partial charge in [-0.3, -0.25) is 9.69 Å². The molecular weight excluding hydrogens is 352 g/mol. The van der Waals surface area contributed by atoms with E-state index in [0.29, 0.717) is 25.7 Å². The van der Waals surface area contributed by atoms with Crippen molar-refractivity contribution in [2.24, 2.45) is 0 Å². The van der Waals surface area contributed by atoms with Gasteiger partial charge in [0.05, 0.1) is 6.54 Å². The zero-order valence-corrected chi connectivity index (χ0v) is 16.6. The van der Waals surface area contributed by atoms with Gasteiger partial charge in [-0.1, -0.05) is 38.1 Å². The van der Waals surface area contributed by atoms with Gasteiger partial charge in [0, 0.05) is 11.7 Å². The van der Waals surface area contributed by atoms with Crippen LogP contribution in [-0.2, 0) is 4.79 Å². The van der Waals surface area contributed by atoms with E-state index in [1.165, 1.54) is 11.1 Å². The van der Waals surface area contributed by atoms with Crippen LogP contribution < -0.4 is 14.8 Å². The summed E-state index contributed by atoms with van der Waals surface area (Å²) < 4.78 is 11.4. The smallest absolute Gasteiger partial charge is 0.238 e. The number of hydrogen-bond donors (Lipinski definition) is 1. The molecule has 2 aromatic carbocycles. The molecule has 0 aliphatic carbocycles. The number of nitrogens with one attached hydrogen (secondary N) is 1. The molecule has 5 heteroatoms. The van der Waals surface area contributed by atoms with Gasteiger partial charge in [-0.2, -0.15) is 0 Å². The first-order chi connectivity index (χ1) is 13.6. The summed E-state index contributed by atoms with van der Waals surface area (Å²) in [5.41, 5.74) is 3.27. The highest BCUT2D eigenvalue weighted by Gasteiger charge is 2.29. The minimum atomic E-state index is 0.0394. The third-order valence-corrected chi connectivity index (χ3v) is 5.52. The van der Waals surface area contributed by atoms with E-state index < -0.39 is 0 Å². The molecule has 1 saturated heterocycles. The molecule has 2 aromatic rings. The zero-order valence-electron chi connectivity index (χ0n) is 16.6. The molecule has 0 aromatic heterocycles. The first-order valence-corrected chi connectivity index (χ1v) is 10.1. The first-order valence-electron chi connectivity index (χ1n) is 10.1. The lowest BCUT2D eigenvalue weighted by molar-refractivity contribution is -0.117. The number of benzene rings is 2. The lowest BCUT2D eigenvalue weighted by Crippen LogP contribution is -2.33. The van der Waals surface area contributed by atoms with Gasteiger partial charge in [-0.25, -0.2) is 0 Å². The van der Waals surface area contributed by atoms with E-state index >= 15 is 0 Å². The molecule has 0 radical (unpaired) electrons. The lowest BCUT2D eigenvalue weighted by atomic mass is 10.0. The molecule has 0 bridgehead atoms. The maximum atomic E-state index is 12.8. The Kier molecular flexibility index (Phi) is 5.53. The van der Waals surface area contributed by atoms with Gasteiger partial charge in [-0.15, -0.1) is 0 Å². The Morgan fingerprint density at radius 3 is 2.75 bits per heavy atom. The maximum Gasteiger partial charge on any atom is 0.238 e. The molecule has 4 rings (SSSR count). The average Bonchev–Trinajstić information content (AvgIpc) is 3.15. The molecule has 0 unspecified atom stereocenters. The van der Waals surface area contributed by atoms with Crippen molar-refractivity contribution >= 4 is 11.6 Å². The van der Waals surface area contributed by atoms with Gasteiger partial charge in [0.25, 0.3) is 0 Å². The van der Waals surface area contributed by atoms with Crippen LogP contribution in [0.15, 0.2) is 42.5 Å². The number of fused-ring (bicyclic) bond motifs is 1. The van der Waals surface area contributed by atoms with Crippen molar-refractivity contribution in [2.45, 2.75) is 38.6 Å². The minimum Gasteiger partial charge on any atom is -0.486 e. The molecule has 1 atom stereocenters. The van der Waals surface area contributed by atoms with Crippen molar-refractivity contribution in [2.75, 3.05) is 31.6 Å². The third kappa shape index (κ3) is 3.99. The molecule has 0 spiro atoms. The quantitative estimate of drug-likeness (QED) is 0.837. The van der Waals surface area contributed by atoms with E-state index in [9.17, 15) is 4.79 Å². The molecular formula is C23H28N2O3. The van der Waals surface area contributed by atoms with Crippen molar-refractivity contribution in [1.82, 2.24) is 4.90 Å². The van der Waals surface area contributed by atoms with E-state index in [1.54, 1.807) is 0 Å². The highest BCUT2D eigenvalue weighted by Crippen LogP contribution is 2.38. The van der Waals surface area contributed by atoms with Crippen molar-refractivity contribution < 1.29 is 14.3 Å². The fraction of sp³-hybridized carbons (Fsp3) is 0.435. The van der Waals surface area contributed by atoms with E-state index in [-0.39, 0.29) is 11.9 Å². The molecule has 2 aliphatic rings. The van der Waals surface area contributed by atoms with Crippen molar-refractivity contribution in [1.29, 1.82) is 0 Å². The molecule has 2 heterocycles. The Balaban J connectivity index is 1.45. The molecule has 28 heavy (non-hydrogen) atoms. The van der Waals surface area contributed by atoms with Gasteiger partial charge >= 0.3 is 0 Å². The number of likely N-dealkylation sites (tertiary alicyclic amines) is 1. The summed E-state index contributed by atoms with van der Waals surface area (Å²) in [5.74, 6) is 2.03. The van der Waals surface area contributed by atoms with Crippen LogP contribution in [0.3, 0.4) is 0 Å². The monoisotopic (exact) mass is 380 g/mol. The van der Waals surface area contributed by atoms with Crippen molar-refractivity contribution in [3.63, 3.8) is 0 Å². The average molecular weight is 380 g/mol. The van der Waals surface area contributed by atoms with E-state index in [0.717, 1.165) is 36.6 Å². The van der Waals surface area contributed by atoms with Crippen LogP contribution in [0, 0.1) is 0 Å². The van der Waals surface area contributed by atoms with Crippen LogP contribution in [0.2, 0.25) is 0 Å². The lowest BCUT2D eigenvalue weighted by Gasteiger charge is -2.26. The van der Waals surface area contributed by atoms with Gasteiger partial charge in [-0.05, 0) is 54.6 Å². The molecule has 0 saturated carbocycles. The number of hydrogen-bond acceptors (Lipinski definition) is 4. The Morgan fingerprint density at radius 1 is 1.14 bits per heavy atom. The largest absolute Gasteiger partial charge is 0.486 e. The summed E-state index contributed by atoms with van der Waals surface area (Å²) in [4.78, 5) is 15.0. The highest BCUT2D eigenvalue weighted by atomic mass is 16.6. The number of anilines is 1. The zero-order chi connectivity index (χ0) is 19.5. The number of carbonyl (C=O) groups excluding carboxylic acids is 1. The topological polar surface area (TPSA) is 50.8 Å². The second-order valence-electron chi connectivity index (χ2n) is 7.82. The summed E-state index contributed by atoms with van der Waals surface area (Å²) in [6.45, 7) is 6.79. The molecule has 1 fully saturated rings. The van der Waals surface area contributed by atoms with Gasteiger partial charge in [0.1, 0.15) is 13.2 Å². The highest BCUT2D eigenvalue weighted by molar-refractivity contribution is 5.93. The summed E-state index contributed by atoms with van der Waals surface area (Å²) in [5, 5.41) is 3.12. The maximum absolute atomic E-state index is 12.8. The number of carbonyl (C=O) groups is 1. The number of rotatable bonds is 5. The van der Waals surface area contributed by atoms with Crippen LogP contribution in [0.1, 0.15) is 49.8 Å². The molecule has 5 nitrogen and oxygen atoms in total. The molecule has 148 valence electrons. The Bertz CT molecular complexity index is 849. The predicted molar refractivity (Wildman–Crippen MR) is 110 cm³/mol. The summed E-state index contributed by atoms with van der Waals surface area (Å²) >= 11 is 0. The van der Waals surface area contributed by atoms with Crippen molar-refractivity contribution in [3.8, 4) is 11.5 Å². The fourth-order valence-corrected chi connectivity index (χ4v) is 4.15. The van der Waals surface area contributed by atoms with Gasteiger partial charge < -0.3 is 14.8 Å². The normalized spacial score (nSPS) is 19.0. The van der Waals surface area contributed by atoms with Crippen LogP contribution in [0.25, 0.3) is 0 Å². The van der Waals surface area contributed by atoms with E-state index in [2.05, 4.69) is 42.3 Å². The first kappa shape index (κ1) is 18.8. The summed E-state index contributed by atoms with van der Waals surface area (Å²) in [6, 6.07) is 14.4. The Labute approximate surface area is 166 Å². The van der Waals surface area contributed by atoms with E-state index in [4.69, 9.17) is 9.47 Å². The van der Waals surface area contributed by atoms with E-state index in [1.807, 2.05) is 24.3 Å². The predicted octanol–water partition coefficient (Wildman–Crippen LogP) is 4.36. The second-order valence-corrected chi connectivity index (χ2v) is 7.82. The number of nitrogens with zero attached hydrogens (tertiary/aromatic N) is 1. The molecule has 1 N–H and O–H groups in total. The van der Waals surface area contributed by atoms with Crippen LogP contribution in [-0.4, -0.2) is 37.1 Å². The van der Waals surface area contributed by atoms with Gasteiger partial charge in [0.15, 0.2) is 11.5 Å². The molecule has 1 amide bonds. The minimum absolute atomic E-state index is 0.0394. The fourth-order valence-electron chi connectivity index (χ4n) is 4.15. The summed E-state index contributed by atoms with van der Waals surface area (Å²) in [6.07, 6.45) is 2.14. The second kappa shape index (κ2) is 8.23.